The summed E-state index contributed by atoms with van der Waals surface area (Å²) in [5.74, 6) is -1.30. The molecule has 0 saturated heterocycles. The number of rotatable bonds is 4. The van der Waals surface area contributed by atoms with Gasteiger partial charge in [-0.25, -0.2) is 4.68 Å². The number of carbonyl (C=O) groups is 2. The molecule has 0 spiro atoms. The van der Waals surface area contributed by atoms with Crippen LogP contribution in [-0.2, 0) is 12.8 Å². The number of hydrogen-bond acceptors (Lipinski definition) is 5. The molecule has 12 heteroatoms. The summed E-state index contributed by atoms with van der Waals surface area (Å²) in [6.45, 7) is 0. The van der Waals surface area contributed by atoms with Crippen molar-refractivity contribution in [2.24, 2.45) is 5.73 Å². The lowest BCUT2D eigenvalue weighted by Gasteiger charge is -2.33. The van der Waals surface area contributed by atoms with Crippen molar-refractivity contribution in [3.63, 3.8) is 0 Å². The number of carbonyl (C=O) groups excluding carboxylic acids is 2. The summed E-state index contributed by atoms with van der Waals surface area (Å²) in [5.41, 5.74) is 7.20. The molecule has 3 aromatic rings. The van der Waals surface area contributed by atoms with E-state index in [1.165, 1.54) is 11.3 Å². The Morgan fingerprint density at radius 1 is 1.20 bits per heavy atom. The fraction of sp³-hybridized carbons (Fsp3) is 0.348. The largest absolute Gasteiger partial charge is 0.410 e. The quantitative estimate of drug-likeness (QED) is 0.382. The van der Waals surface area contributed by atoms with Crippen LogP contribution in [0, 0.1) is 0 Å². The highest BCUT2D eigenvalue weighted by molar-refractivity contribution is 9.10. The Kier molecular flexibility index (Phi) is 6.12. The normalized spacial score (nSPS) is 19.4. The molecule has 1 aromatic carbocycles. The molecule has 184 valence electrons. The van der Waals surface area contributed by atoms with E-state index >= 15 is 0 Å². The van der Waals surface area contributed by atoms with Gasteiger partial charge < -0.3 is 16.4 Å². The standard InChI is InChI=1S/C23H21BrF3N5O2S/c24-17-18(21(34)30-22-16(19(28)33)12-8-4-5-9-14(12)35-22)31-32-15(23(25,26)27)10-13(29-20(17)32)11-6-2-1-3-7-11/h1-3,6-7,13,15,29H,4-5,8-10H2,(H2,28,33)(H,30,34). The number of hydrogen-bond donors (Lipinski definition) is 3. The smallest absolute Gasteiger partial charge is 0.365 e. The molecule has 2 unspecified atom stereocenters. The summed E-state index contributed by atoms with van der Waals surface area (Å²) >= 11 is 4.57. The number of aryl methyl sites for hydroxylation is 1. The van der Waals surface area contributed by atoms with Crippen molar-refractivity contribution in [1.29, 1.82) is 0 Å². The fourth-order valence-electron chi connectivity index (χ4n) is 4.72. The van der Waals surface area contributed by atoms with Crippen LogP contribution in [-0.4, -0.2) is 27.8 Å². The van der Waals surface area contributed by atoms with Gasteiger partial charge in [0.1, 0.15) is 10.8 Å². The van der Waals surface area contributed by atoms with Crippen LogP contribution in [0.15, 0.2) is 34.8 Å². The number of amides is 2. The van der Waals surface area contributed by atoms with E-state index < -0.39 is 30.1 Å². The molecule has 0 radical (unpaired) electrons. The molecule has 4 N–H and O–H groups in total. The number of halogens is 4. The van der Waals surface area contributed by atoms with Gasteiger partial charge in [0.05, 0.1) is 16.1 Å². The third kappa shape index (κ3) is 4.33. The van der Waals surface area contributed by atoms with Gasteiger partial charge in [0.2, 0.25) is 0 Å². The second-order valence-electron chi connectivity index (χ2n) is 8.59. The average molecular weight is 568 g/mol. The molecule has 1 aliphatic heterocycles. The Hall–Kier alpha value is -2.86. The Bertz CT molecular complexity index is 1300. The highest BCUT2D eigenvalue weighted by Gasteiger charge is 2.47. The summed E-state index contributed by atoms with van der Waals surface area (Å²) in [4.78, 5) is 26.3. The minimum absolute atomic E-state index is 0.0678. The molecule has 0 saturated carbocycles. The van der Waals surface area contributed by atoms with Crippen molar-refractivity contribution < 1.29 is 22.8 Å². The van der Waals surface area contributed by atoms with Gasteiger partial charge in [0.15, 0.2) is 11.7 Å². The van der Waals surface area contributed by atoms with Crippen molar-refractivity contribution in [3.05, 3.63) is 62.1 Å². The van der Waals surface area contributed by atoms with E-state index in [0.717, 1.165) is 34.4 Å². The summed E-state index contributed by atoms with van der Waals surface area (Å²) in [6.07, 6.45) is -1.47. The van der Waals surface area contributed by atoms with E-state index in [-0.39, 0.29) is 28.0 Å². The van der Waals surface area contributed by atoms with Gasteiger partial charge in [-0.1, -0.05) is 30.3 Å². The minimum atomic E-state index is -4.57. The highest BCUT2D eigenvalue weighted by Crippen LogP contribution is 2.46. The summed E-state index contributed by atoms with van der Waals surface area (Å²) in [7, 11) is 0. The predicted molar refractivity (Wildman–Crippen MR) is 130 cm³/mol. The van der Waals surface area contributed by atoms with E-state index in [4.69, 9.17) is 5.73 Å². The molecular formula is C23H21BrF3N5O2S. The van der Waals surface area contributed by atoms with E-state index in [1.54, 1.807) is 30.3 Å². The average Bonchev–Trinajstić information content (AvgIpc) is 3.35. The van der Waals surface area contributed by atoms with E-state index in [1.807, 2.05) is 0 Å². The number of alkyl halides is 3. The zero-order valence-electron chi connectivity index (χ0n) is 18.3. The lowest BCUT2D eigenvalue weighted by molar-refractivity contribution is -0.173. The van der Waals surface area contributed by atoms with Crippen molar-refractivity contribution in [2.75, 3.05) is 10.6 Å². The topological polar surface area (TPSA) is 102 Å². The maximum atomic E-state index is 14.0. The van der Waals surface area contributed by atoms with Crippen LogP contribution < -0.4 is 16.4 Å². The molecule has 2 amide bonds. The van der Waals surface area contributed by atoms with Gasteiger partial charge in [-0.15, -0.1) is 11.3 Å². The Balaban J connectivity index is 1.50. The van der Waals surface area contributed by atoms with Gasteiger partial charge >= 0.3 is 6.18 Å². The summed E-state index contributed by atoms with van der Waals surface area (Å²) < 4.78 is 43.0. The number of nitrogens with zero attached hydrogens (tertiary/aromatic N) is 2. The van der Waals surface area contributed by atoms with Gasteiger partial charge in [-0.2, -0.15) is 18.3 Å². The Morgan fingerprint density at radius 3 is 2.60 bits per heavy atom. The van der Waals surface area contributed by atoms with Gasteiger partial charge in [-0.3, -0.25) is 9.59 Å². The molecule has 1 aliphatic carbocycles. The maximum Gasteiger partial charge on any atom is 0.410 e. The first-order valence-electron chi connectivity index (χ1n) is 11.1. The number of nitrogens with two attached hydrogens (primary N) is 1. The van der Waals surface area contributed by atoms with Crippen molar-refractivity contribution in [1.82, 2.24) is 9.78 Å². The molecule has 35 heavy (non-hydrogen) atoms. The number of thiophene rings is 1. The molecule has 0 fully saturated rings. The lowest BCUT2D eigenvalue weighted by atomic mass is 9.95. The molecule has 0 bridgehead atoms. The highest BCUT2D eigenvalue weighted by atomic mass is 79.9. The number of fused-ring (bicyclic) bond motifs is 2. The number of benzene rings is 1. The van der Waals surface area contributed by atoms with Gasteiger partial charge in [-0.05, 0) is 52.7 Å². The molecule has 2 aromatic heterocycles. The van der Waals surface area contributed by atoms with Gasteiger partial charge in [0, 0.05) is 11.3 Å². The third-order valence-electron chi connectivity index (χ3n) is 6.36. The fourth-order valence-corrected chi connectivity index (χ4v) is 6.56. The lowest BCUT2D eigenvalue weighted by Crippen LogP contribution is -2.35. The van der Waals surface area contributed by atoms with Crippen LogP contribution in [0.3, 0.4) is 0 Å². The Morgan fingerprint density at radius 2 is 1.91 bits per heavy atom. The van der Waals surface area contributed by atoms with E-state index in [2.05, 4.69) is 31.7 Å². The van der Waals surface area contributed by atoms with Crippen molar-refractivity contribution >= 4 is 49.9 Å². The zero-order valence-corrected chi connectivity index (χ0v) is 20.7. The van der Waals surface area contributed by atoms with E-state index in [0.29, 0.717) is 17.0 Å². The number of aromatic nitrogens is 2. The monoisotopic (exact) mass is 567 g/mol. The van der Waals surface area contributed by atoms with Crippen LogP contribution >= 0.6 is 27.3 Å². The molecular weight excluding hydrogens is 547 g/mol. The van der Waals surface area contributed by atoms with Crippen LogP contribution in [0.2, 0.25) is 0 Å². The maximum absolute atomic E-state index is 14.0. The first-order chi connectivity index (χ1) is 16.6. The van der Waals surface area contributed by atoms with Gasteiger partial charge in [0.25, 0.3) is 11.8 Å². The minimum Gasteiger partial charge on any atom is -0.365 e. The second-order valence-corrected chi connectivity index (χ2v) is 10.5. The third-order valence-corrected chi connectivity index (χ3v) is 8.32. The molecule has 3 heterocycles. The molecule has 2 atom stereocenters. The van der Waals surface area contributed by atoms with Crippen LogP contribution in [0.25, 0.3) is 0 Å². The van der Waals surface area contributed by atoms with E-state index in [9.17, 15) is 22.8 Å². The van der Waals surface area contributed by atoms with Crippen molar-refractivity contribution in [2.45, 2.75) is 50.4 Å². The van der Waals surface area contributed by atoms with Crippen LogP contribution in [0.1, 0.15) is 68.2 Å². The molecule has 5 rings (SSSR count). The zero-order chi connectivity index (χ0) is 24.9. The number of nitrogens with one attached hydrogen (secondary N) is 2. The predicted octanol–water partition coefficient (Wildman–Crippen LogP) is 5.60. The number of anilines is 2. The van der Waals surface area contributed by atoms with Crippen molar-refractivity contribution in [3.8, 4) is 0 Å². The summed E-state index contributed by atoms with van der Waals surface area (Å²) in [6, 6.07) is 6.28. The Labute approximate surface area is 211 Å². The number of primary amides is 1. The summed E-state index contributed by atoms with van der Waals surface area (Å²) in [5, 5.41) is 10.1. The second kappa shape index (κ2) is 8.98. The first-order valence-corrected chi connectivity index (χ1v) is 12.7. The van der Waals surface area contributed by atoms with Crippen LogP contribution in [0.5, 0.6) is 0 Å². The molecule has 2 aliphatic rings. The van der Waals surface area contributed by atoms with Crippen LogP contribution in [0.4, 0.5) is 24.0 Å². The SMILES string of the molecule is NC(=O)c1c(NC(=O)c2nn3c(c2Br)NC(c2ccccc2)CC3C(F)(F)F)sc2c1CCCC2. The molecule has 7 nitrogen and oxygen atoms in total. The first kappa shape index (κ1) is 23.9.